The maximum absolute atomic E-state index is 12.1. The summed E-state index contributed by atoms with van der Waals surface area (Å²) in [5, 5.41) is 6.56. The van der Waals surface area contributed by atoms with Gasteiger partial charge in [-0.15, -0.1) is 6.58 Å². The smallest absolute Gasteiger partial charge is 0.253 e. The van der Waals surface area contributed by atoms with Gasteiger partial charge in [0.05, 0.1) is 11.3 Å². The molecule has 0 aliphatic heterocycles. The van der Waals surface area contributed by atoms with Crippen molar-refractivity contribution in [3.05, 3.63) is 71.5 Å². The number of hydrogen-bond donors (Lipinski definition) is 2. The highest BCUT2D eigenvalue weighted by molar-refractivity contribution is 6.31. The molecule has 0 saturated heterocycles. The average Bonchev–Trinajstić information content (AvgIpc) is 2.52. The van der Waals surface area contributed by atoms with Crippen LogP contribution in [0.3, 0.4) is 0 Å². The molecule has 0 aliphatic rings. The number of carbonyl (C=O) groups excluding carboxylic acids is 1. The summed E-state index contributed by atoms with van der Waals surface area (Å²) in [6, 6.07) is 9.16. The third kappa shape index (κ3) is 4.33. The molecule has 0 radical (unpaired) electrons. The van der Waals surface area contributed by atoms with E-state index in [2.05, 4.69) is 22.2 Å². The molecular formula is C16H16ClN3O. The molecule has 0 fully saturated rings. The SMILES string of the molecule is C=CCNc1cncc(C(=O)NCc2ccccc2Cl)c1. The van der Waals surface area contributed by atoms with Crippen LogP contribution in [0.4, 0.5) is 5.69 Å². The minimum atomic E-state index is -0.190. The Morgan fingerprint density at radius 1 is 1.33 bits per heavy atom. The first-order valence-corrected chi connectivity index (χ1v) is 6.90. The van der Waals surface area contributed by atoms with Crippen molar-refractivity contribution in [1.82, 2.24) is 10.3 Å². The van der Waals surface area contributed by atoms with Crippen molar-refractivity contribution in [1.29, 1.82) is 0 Å². The normalized spacial score (nSPS) is 9.95. The van der Waals surface area contributed by atoms with Crippen LogP contribution in [-0.4, -0.2) is 17.4 Å². The van der Waals surface area contributed by atoms with E-state index in [9.17, 15) is 4.79 Å². The van der Waals surface area contributed by atoms with Crippen molar-refractivity contribution < 1.29 is 4.79 Å². The first-order valence-electron chi connectivity index (χ1n) is 6.52. The van der Waals surface area contributed by atoms with E-state index in [4.69, 9.17) is 11.6 Å². The maximum Gasteiger partial charge on any atom is 0.253 e. The van der Waals surface area contributed by atoms with E-state index in [0.29, 0.717) is 23.7 Å². The van der Waals surface area contributed by atoms with Crippen LogP contribution in [-0.2, 0) is 6.54 Å². The van der Waals surface area contributed by atoms with Gasteiger partial charge in [-0.1, -0.05) is 35.9 Å². The standard InChI is InChI=1S/C16H16ClN3O/c1-2-7-19-14-8-13(9-18-11-14)16(21)20-10-12-5-3-4-6-15(12)17/h2-6,8-9,11,19H,1,7,10H2,(H,20,21). The van der Waals surface area contributed by atoms with Crippen LogP contribution < -0.4 is 10.6 Å². The number of carbonyl (C=O) groups is 1. The van der Waals surface area contributed by atoms with E-state index in [1.165, 1.54) is 6.20 Å². The second kappa shape index (κ2) is 7.45. The van der Waals surface area contributed by atoms with Crippen LogP contribution in [0.15, 0.2) is 55.4 Å². The fraction of sp³-hybridized carbons (Fsp3) is 0.125. The van der Waals surface area contributed by atoms with Crippen molar-refractivity contribution in [3.8, 4) is 0 Å². The van der Waals surface area contributed by atoms with Gasteiger partial charge in [0.2, 0.25) is 0 Å². The fourth-order valence-corrected chi connectivity index (χ4v) is 1.97. The summed E-state index contributed by atoms with van der Waals surface area (Å²) in [5.41, 5.74) is 2.15. The molecule has 0 atom stereocenters. The predicted molar refractivity (Wildman–Crippen MR) is 85.5 cm³/mol. The molecule has 1 amide bonds. The van der Waals surface area contributed by atoms with Gasteiger partial charge in [0.25, 0.3) is 5.91 Å². The van der Waals surface area contributed by atoms with Crippen LogP contribution in [0.5, 0.6) is 0 Å². The van der Waals surface area contributed by atoms with Crippen LogP contribution in [0.25, 0.3) is 0 Å². The summed E-state index contributed by atoms with van der Waals surface area (Å²) in [7, 11) is 0. The predicted octanol–water partition coefficient (Wildman–Crippen LogP) is 3.26. The summed E-state index contributed by atoms with van der Waals surface area (Å²) in [5.74, 6) is -0.190. The molecule has 0 unspecified atom stereocenters. The first-order chi connectivity index (χ1) is 10.2. The highest BCUT2D eigenvalue weighted by Gasteiger charge is 2.07. The Bertz CT molecular complexity index is 643. The molecule has 0 spiro atoms. The Morgan fingerprint density at radius 3 is 2.90 bits per heavy atom. The van der Waals surface area contributed by atoms with Crippen molar-refractivity contribution in [2.24, 2.45) is 0 Å². The fourth-order valence-electron chi connectivity index (χ4n) is 1.77. The molecule has 2 aromatic rings. The van der Waals surface area contributed by atoms with Crippen LogP contribution in [0, 0.1) is 0 Å². The number of nitrogens with zero attached hydrogens (tertiary/aromatic N) is 1. The van der Waals surface area contributed by atoms with Gasteiger partial charge in [0.15, 0.2) is 0 Å². The Morgan fingerprint density at radius 2 is 2.14 bits per heavy atom. The summed E-state index contributed by atoms with van der Waals surface area (Å²) >= 11 is 6.05. The van der Waals surface area contributed by atoms with Gasteiger partial charge in [-0.2, -0.15) is 0 Å². The van der Waals surface area contributed by atoms with Gasteiger partial charge >= 0.3 is 0 Å². The maximum atomic E-state index is 12.1. The first kappa shape index (κ1) is 15.1. The van der Waals surface area contributed by atoms with Gasteiger partial charge in [-0.25, -0.2) is 0 Å². The molecule has 108 valence electrons. The highest BCUT2D eigenvalue weighted by atomic mass is 35.5. The largest absolute Gasteiger partial charge is 0.380 e. The second-order valence-electron chi connectivity index (χ2n) is 4.41. The zero-order valence-electron chi connectivity index (χ0n) is 11.5. The van der Waals surface area contributed by atoms with Gasteiger partial charge in [-0.3, -0.25) is 9.78 Å². The van der Waals surface area contributed by atoms with E-state index in [-0.39, 0.29) is 5.91 Å². The summed E-state index contributed by atoms with van der Waals surface area (Å²) in [6.45, 7) is 4.63. The Hall–Kier alpha value is -2.33. The summed E-state index contributed by atoms with van der Waals surface area (Å²) in [6.07, 6.45) is 4.93. The van der Waals surface area contributed by atoms with E-state index >= 15 is 0 Å². The second-order valence-corrected chi connectivity index (χ2v) is 4.81. The van der Waals surface area contributed by atoms with E-state index in [0.717, 1.165) is 11.3 Å². The lowest BCUT2D eigenvalue weighted by molar-refractivity contribution is 0.0950. The molecule has 0 aliphatic carbocycles. The minimum Gasteiger partial charge on any atom is -0.380 e. The average molecular weight is 302 g/mol. The molecule has 1 heterocycles. The molecular weight excluding hydrogens is 286 g/mol. The Balaban J connectivity index is 2.00. The zero-order chi connectivity index (χ0) is 15.1. The quantitative estimate of drug-likeness (QED) is 0.805. The van der Waals surface area contributed by atoms with Crippen molar-refractivity contribution in [3.63, 3.8) is 0 Å². The third-order valence-electron chi connectivity index (χ3n) is 2.85. The molecule has 0 saturated carbocycles. The number of benzene rings is 1. The van der Waals surface area contributed by atoms with E-state index in [1.54, 1.807) is 24.4 Å². The Kier molecular flexibility index (Phi) is 5.35. The van der Waals surface area contributed by atoms with Gasteiger partial charge in [0, 0.05) is 30.5 Å². The van der Waals surface area contributed by atoms with Crippen LogP contribution in [0.2, 0.25) is 5.02 Å². The van der Waals surface area contributed by atoms with Crippen molar-refractivity contribution in [2.45, 2.75) is 6.54 Å². The number of rotatable bonds is 6. The third-order valence-corrected chi connectivity index (χ3v) is 3.22. The monoisotopic (exact) mass is 301 g/mol. The van der Waals surface area contributed by atoms with Gasteiger partial charge in [0.1, 0.15) is 0 Å². The summed E-state index contributed by atoms with van der Waals surface area (Å²) in [4.78, 5) is 16.2. The van der Waals surface area contributed by atoms with E-state index in [1.807, 2.05) is 18.2 Å². The van der Waals surface area contributed by atoms with Gasteiger partial charge in [-0.05, 0) is 17.7 Å². The van der Waals surface area contributed by atoms with Gasteiger partial charge < -0.3 is 10.6 Å². The molecule has 21 heavy (non-hydrogen) atoms. The number of amides is 1. The summed E-state index contributed by atoms with van der Waals surface area (Å²) < 4.78 is 0. The molecule has 2 N–H and O–H groups in total. The lowest BCUT2D eigenvalue weighted by Crippen LogP contribution is -2.23. The van der Waals surface area contributed by atoms with Crippen molar-refractivity contribution in [2.75, 3.05) is 11.9 Å². The lowest BCUT2D eigenvalue weighted by atomic mass is 10.2. The minimum absolute atomic E-state index is 0.190. The topological polar surface area (TPSA) is 54.0 Å². The van der Waals surface area contributed by atoms with Crippen molar-refractivity contribution >= 4 is 23.2 Å². The molecule has 1 aromatic heterocycles. The van der Waals surface area contributed by atoms with E-state index < -0.39 is 0 Å². The van der Waals surface area contributed by atoms with Crippen LogP contribution in [0.1, 0.15) is 15.9 Å². The number of anilines is 1. The molecule has 0 bridgehead atoms. The molecule has 2 rings (SSSR count). The Labute approximate surface area is 128 Å². The lowest BCUT2D eigenvalue weighted by Gasteiger charge is -2.08. The highest BCUT2D eigenvalue weighted by Crippen LogP contribution is 2.15. The number of aromatic nitrogens is 1. The number of nitrogens with one attached hydrogen (secondary N) is 2. The number of halogens is 1. The molecule has 5 heteroatoms. The zero-order valence-corrected chi connectivity index (χ0v) is 12.2. The number of hydrogen-bond acceptors (Lipinski definition) is 3. The number of pyridine rings is 1. The van der Waals surface area contributed by atoms with Crippen LogP contribution >= 0.6 is 11.6 Å². The molecule has 4 nitrogen and oxygen atoms in total. The molecule has 1 aromatic carbocycles.